The van der Waals surface area contributed by atoms with Gasteiger partial charge in [0.15, 0.2) is 0 Å². The maximum absolute atomic E-state index is 12.9. The van der Waals surface area contributed by atoms with E-state index in [4.69, 9.17) is 0 Å². The van der Waals surface area contributed by atoms with E-state index in [1.54, 1.807) is 0 Å². The van der Waals surface area contributed by atoms with Gasteiger partial charge in [-0.2, -0.15) is 0 Å². The summed E-state index contributed by atoms with van der Waals surface area (Å²) in [6.45, 7) is 6.56. The molecule has 0 aromatic heterocycles. The fourth-order valence-electron chi connectivity index (χ4n) is 3.17. The van der Waals surface area contributed by atoms with Crippen LogP contribution < -0.4 is 5.32 Å². The topological polar surface area (TPSA) is 66.5 Å². The monoisotopic (exact) mass is 294 g/mol. The molecule has 1 atom stereocenters. The highest BCUT2D eigenvalue weighted by molar-refractivity contribution is 6.19. The highest BCUT2D eigenvalue weighted by Crippen LogP contribution is 2.39. The average molecular weight is 294 g/mol. The minimum absolute atomic E-state index is 0.218. The summed E-state index contributed by atoms with van der Waals surface area (Å²) in [5, 5.41) is 2.42. The first kappa shape index (κ1) is 16.0. The first-order valence-electron chi connectivity index (χ1n) is 8.06. The number of barbiturate groups is 1. The molecule has 1 aliphatic heterocycles. The Bertz CT molecular complexity index is 437. The van der Waals surface area contributed by atoms with Crippen LogP contribution >= 0.6 is 0 Å². The lowest BCUT2D eigenvalue weighted by Gasteiger charge is -2.40. The van der Waals surface area contributed by atoms with Crippen LogP contribution in [0.3, 0.4) is 0 Å². The number of rotatable bonds is 3. The zero-order chi connectivity index (χ0) is 15.6. The number of amides is 4. The number of carbonyl (C=O) groups is 3. The molecule has 1 spiro atoms. The molecule has 1 N–H and O–H groups in total. The maximum atomic E-state index is 12.9. The molecule has 0 aromatic carbocycles. The SMILES string of the molecule is CC(C)C(C)CN1C(=O)NC(=O)C2(CCCCCC2)C1=O. The number of carbonyl (C=O) groups excluding carboxylic acids is 3. The van der Waals surface area contributed by atoms with Gasteiger partial charge in [-0.05, 0) is 24.7 Å². The molecule has 1 saturated heterocycles. The van der Waals surface area contributed by atoms with Crippen LogP contribution in [0.2, 0.25) is 0 Å². The van der Waals surface area contributed by atoms with Crippen molar-refractivity contribution in [3.8, 4) is 0 Å². The standard InChI is InChI=1S/C16H26N2O3/c1-11(2)12(3)10-18-14(20)16(13(19)17-15(18)21)8-6-4-5-7-9-16/h11-12H,4-10H2,1-3H3,(H,17,19,21). The van der Waals surface area contributed by atoms with Crippen LogP contribution in [0.4, 0.5) is 4.79 Å². The molecule has 0 bridgehead atoms. The van der Waals surface area contributed by atoms with E-state index in [9.17, 15) is 14.4 Å². The lowest BCUT2D eigenvalue weighted by atomic mass is 9.76. The number of nitrogens with zero attached hydrogens (tertiary/aromatic N) is 1. The average Bonchev–Trinajstić information content (AvgIpc) is 2.68. The van der Waals surface area contributed by atoms with Crippen LogP contribution in [0.5, 0.6) is 0 Å². The molecule has 118 valence electrons. The van der Waals surface area contributed by atoms with Crippen molar-refractivity contribution in [2.75, 3.05) is 6.54 Å². The van der Waals surface area contributed by atoms with Crippen molar-refractivity contribution in [3.05, 3.63) is 0 Å². The van der Waals surface area contributed by atoms with Gasteiger partial charge >= 0.3 is 6.03 Å². The van der Waals surface area contributed by atoms with Crippen molar-refractivity contribution in [3.63, 3.8) is 0 Å². The molecule has 1 heterocycles. The van der Waals surface area contributed by atoms with Crippen molar-refractivity contribution in [2.24, 2.45) is 17.3 Å². The molecule has 2 rings (SSSR count). The molecule has 5 heteroatoms. The predicted octanol–water partition coefficient (Wildman–Crippen LogP) is 2.70. The van der Waals surface area contributed by atoms with E-state index in [1.807, 2.05) is 6.92 Å². The molecule has 0 aromatic rings. The summed E-state index contributed by atoms with van der Waals surface area (Å²) < 4.78 is 0. The first-order valence-corrected chi connectivity index (χ1v) is 8.06. The molecular weight excluding hydrogens is 268 g/mol. The van der Waals surface area contributed by atoms with Gasteiger partial charge in [0.05, 0.1) is 0 Å². The molecule has 2 fully saturated rings. The minimum atomic E-state index is -0.999. The molecule has 21 heavy (non-hydrogen) atoms. The quantitative estimate of drug-likeness (QED) is 0.814. The van der Waals surface area contributed by atoms with Gasteiger partial charge in [-0.1, -0.05) is 46.5 Å². The van der Waals surface area contributed by atoms with Crippen molar-refractivity contribution in [1.82, 2.24) is 10.2 Å². The molecule has 2 aliphatic rings. The largest absolute Gasteiger partial charge is 0.330 e. The molecule has 1 unspecified atom stereocenters. The van der Waals surface area contributed by atoms with Crippen LogP contribution in [-0.2, 0) is 9.59 Å². The Labute approximate surface area is 126 Å². The van der Waals surface area contributed by atoms with Crippen LogP contribution in [0.1, 0.15) is 59.3 Å². The zero-order valence-corrected chi connectivity index (χ0v) is 13.3. The van der Waals surface area contributed by atoms with Gasteiger partial charge in [0.25, 0.3) is 0 Å². The summed E-state index contributed by atoms with van der Waals surface area (Å²) in [5.41, 5.74) is -0.999. The Morgan fingerprint density at radius 2 is 1.62 bits per heavy atom. The fraction of sp³-hybridized carbons (Fsp3) is 0.812. The van der Waals surface area contributed by atoms with E-state index in [-0.39, 0.29) is 17.7 Å². The van der Waals surface area contributed by atoms with E-state index in [0.29, 0.717) is 25.3 Å². The Morgan fingerprint density at radius 1 is 1.05 bits per heavy atom. The Hall–Kier alpha value is -1.39. The summed E-state index contributed by atoms with van der Waals surface area (Å²) in [5.74, 6) is -0.0532. The van der Waals surface area contributed by atoms with Crippen molar-refractivity contribution in [1.29, 1.82) is 0 Å². The summed E-state index contributed by atoms with van der Waals surface area (Å²) >= 11 is 0. The van der Waals surface area contributed by atoms with Gasteiger partial charge < -0.3 is 0 Å². The van der Waals surface area contributed by atoms with Gasteiger partial charge in [-0.3, -0.25) is 19.8 Å². The molecule has 5 nitrogen and oxygen atoms in total. The van der Waals surface area contributed by atoms with Crippen LogP contribution in [0.25, 0.3) is 0 Å². The van der Waals surface area contributed by atoms with Gasteiger partial charge in [-0.15, -0.1) is 0 Å². The molecule has 0 radical (unpaired) electrons. The van der Waals surface area contributed by atoms with Crippen molar-refractivity contribution >= 4 is 17.8 Å². The number of urea groups is 1. The third-order valence-electron chi connectivity index (χ3n) is 5.12. The van der Waals surface area contributed by atoms with Crippen molar-refractivity contribution in [2.45, 2.75) is 59.3 Å². The molecule has 4 amide bonds. The van der Waals surface area contributed by atoms with Crippen LogP contribution in [0, 0.1) is 17.3 Å². The van der Waals surface area contributed by atoms with Crippen LogP contribution in [0.15, 0.2) is 0 Å². The van der Waals surface area contributed by atoms with E-state index in [2.05, 4.69) is 19.2 Å². The van der Waals surface area contributed by atoms with Gasteiger partial charge in [0.1, 0.15) is 5.41 Å². The van der Waals surface area contributed by atoms with Gasteiger partial charge in [0.2, 0.25) is 11.8 Å². The van der Waals surface area contributed by atoms with Gasteiger partial charge in [-0.25, -0.2) is 4.79 Å². The summed E-state index contributed by atoms with van der Waals surface area (Å²) in [7, 11) is 0. The third kappa shape index (κ3) is 2.97. The second kappa shape index (κ2) is 6.16. The number of nitrogens with one attached hydrogen (secondary N) is 1. The van der Waals surface area contributed by atoms with Gasteiger partial charge in [0, 0.05) is 6.54 Å². The maximum Gasteiger partial charge on any atom is 0.330 e. The van der Waals surface area contributed by atoms with E-state index >= 15 is 0 Å². The fourth-order valence-corrected chi connectivity index (χ4v) is 3.17. The number of hydrogen-bond acceptors (Lipinski definition) is 3. The lowest BCUT2D eigenvalue weighted by Crippen LogP contribution is -2.64. The molecular formula is C16H26N2O3. The van der Waals surface area contributed by atoms with E-state index in [1.165, 1.54) is 4.90 Å². The predicted molar refractivity (Wildman–Crippen MR) is 79.4 cm³/mol. The Kier molecular flexibility index (Phi) is 4.69. The normalized spacial score (nSPS) is 24.2. The highest BCUT2D eigenvalue weighted by atomic mass is 16.2. The zero-order valence-electron chi connectivity index (χ0n) is 13.3. The number of hydrogen-bond donors (Lipinski definition) is 1. The Balaban J connectivity index is 2.24. The smallest absolute Gasteiger partial charge is 0.277 e. The molecule has 1 aliphatic carbocycles. The second-order valence-electron chi connectivity index (χ2n) is 6.89. The third-order valence-corrected chi connectivity index (χ3v) is 5.12. The van der Waals surface area contributed by atoms with Crippen molar-refractivity contribution < 1.29 is 14.4 Å². The molecule has 1 saturated carbocycles. The summed E-state index contributed by atoms with van der Waals surface area (Å²) in [6, 6.07) is -0.549. The summed E-state index contributed by atoms with van der Waals surface area (Å²) in [6.07, 6.45) is 4.99. The second-order valence-corrected chi connectivity index (χ2v) is 6.89. The van der Waals surface area contributed by atoms with E-state index in [0.717, 1.165) is 25.7 Å². The minimum Gasteiger partial charge on any atom is -0.277 e. The summed E-state index contributed by atoms with van der Waals surface area (Å²) in [4.78, 5) is 38.5. The Morgan fingerprint density at radius 3 is 2.14 bits per heavy atom. The lowest BCUT2D eigenvalue weighted by molar-refractivity contribution is -0.153. The first-order chi connectivity index (χ1) is 9.88. The number of imide groups is 2. The van der Waals surface area contributed by atoms with E-state index < -0.39 is 11.4 Å². The highest BCUT2D eigenvalue weighted by Gasteiger charge is 2.53. The van der Waals surface area contributed by atoms with Crippen LogP contribution in [-0.4, -0.2) is 29.3 Å².